The number of carboxylic acid groups (broad SMARTS) is 1. The van der Waals surface area contributed by atoms with E-state index >= 15 is 0 Å². The summed E-state index contributed by atoms with van der Waals surface area (Å²) in [6.45, 7) is 3.45. The van der Waals surface area contributed by atoms with Gasteiger partial charge in [-0.2, -0.15) is 0 Å². The molecule has 0 saturated heterocycles. The van der Waals surface area contributed by atoms with Crippen molar-refractivity contribution in [3.05, 3.63) is 29.1 Å². The van der Waals surface area contributed by atoms with Crippen molar-refractivity contribution in [3.8, 4) is 0 Å². The lowest BCUT2D eigenvalue weighted by molar-refractivity contribution is 0.0693. The Bertz CT molecular complexity index is 334. The normalized spacial score (nSPS) is 12.5. The van der Waals surface area contributed by atoms with Gasteiger partial charge in [0.05, 0.1) is 11.3 Å². The topological polar surface area (TPSA) is 76.2 Å². The third-order valence-corrected chi connectivity index (χ3v) is 1.83. The number of aromatic nitrogens is 1. The molecular weight excluding hydrogens is 168 g/mol. The molecular formula is C9H12N2O2. The largest absolute Gasteiger partial charge is 0.478 e. The first-order valence-electron chi connectivity index (χ1n) is 3.98. The molecule has 0 bridgehead atoms. The van der Waals surface area contributed by atoms with Crippen LogP contribution in [0.15, 0.2) is 12.3 Å². The molecule has 0 saturated carbocycles. The highest BCUT2D eigenvalue weighted by Crippen LogP contribution is 2.16. The fourth-order valence-electron chi connectivity index (χ4n) is 1.20. The molecule has 0 aromatic carbocycles. The third kappa shape index (κ3) is 1.84. The zero-order valence-corrected chi connectivity index (χ0v) is 7.61. The minimum absolute atomic E-state index is 0.220. The predicted molar refractivity (Wildman–Crippen MR) is 48.5 cm³/mol. The molecule has 0 spiro atoms. The Morgan fingerprint density at radius 1 is 1.69 bits per heavy atom. The molecule has 70 valence electrons. The van der Waals surface area contributed by atoms with E-state index in [-0.39, 0.29) is 11.6 Å². The Morgan fingerprint density at radius 3 is 2.69 bits per heavy atom. The monoisotopic (exact) mass is 180 g/mol. The van der Waals surface area contributed by atoms with Gasteiger partial charge in [-0.05, 0) is 25.5 Å². The Hall–Kier alpha value is -1.42. The molecule has 3 N–H and O–H groups in total. The summed E-state index contributed by atoms with van der Waals surface area (Å²) in [4.78, 5) is 14.8. The van der Waals surface area contributed by atoms with Crippen molar-refractivity contribution < 1.29 is 9.90 Å². The highest BCUT2D eigenvalue weighted by Gasteiger charge is 2.16. The van der Waals surface area contributed by atoms with Crippen LogP contribution in [-0.2, 0) is 0 Å². The molecule has 0 aliphatic carbocycles. The molecule has 4 nitrogen and oxygen atoms in total. The van der Waals surface area contributed by atoms with E-state index in [4.69, 9.17) is 10.8 Å². The fraction of sp³-hybridized carbons (Fsp3) is 0.333. The number of carbonyl (C=O) groups is 1. The van der Waals surface area contributed by atoms with E-state index < -0.39 is 5.97 Å². The van der Waals surface area contributed by atoms with Crippen molar-refractivity contribution in [2.24, 2.45) is 5.73 Å². The molecule has 0 amide bonds. The number of pyridine rings is 1. The van der Waals surface area contributed by atoms with Crippen molar-refractivity contribution >= 4 is 5.97 Å². The smallest absolute Gasteiger partial charge is 0.337 e. The summed E-state index contributed by atoms with van der Waals surface area (Å²) >= 11 is 0. The lowest BCUT2D eigenvalue weighted by atomic mass is 10.0. The minimum Gasteiger partial charge on any atom is -0.478 e. The van der Waals surface area contributed by atoms with Gasteiger partial charge in [-0.25, -0.2) is 4.79 Å². The number of hydrogen-bond donors (Lipinski definition) is 2. The van der Waals surface area contributed by atoms with Gasteiger partial charge in [-0.15, -0.1) is 0 Å². The second-order valence-electron chi connectivity index (χ2n) is 2.98. The van der Waals surface area contributed by atoms with Gasteiger partial charge < -0.3 is 10.8 Å². The number of aromatic carboxylic acids is 1. The van der Waals surface area contributed by atoms with Crippen molar-refractivity contribution in [1.82, 2.24) is 4.98 Å². The summed E-state index contributed by atoms with van der Waals surface area (Å²) in [5.74, 6) is -0.974. The molecule has 1 heterocycles. The van der Waals surface area contributed by atoms with Gasteiger partial charge in [0, 0.05) is 12.2 Å². The van der Waals surface area contributed by atoms with Gasteiger partial charge in [0.1, 0.15) is 0 Å². The van der Waals surface area contributed by atoms with Crippen LogP contribution < -0.4 is 5.73 Å². The van der Waals surface area contributed by atoms with Gasteiger partial charge in [-0.3, -0.25) is 4.98 Å². The number of nitrogens with zero attached hydrogens (tertiary/aromatic N) is 1. The second kappa shape index (κ2) is 3.53. The van der Waals surface area contributed by atoms with Crippen molar-refractivity contribution in [2.45, 2.75) is 19.9 Å². The van der Waals surface area contributed by atoms with Gasteiger partial charge >= 0.3 is 5.97 Å². The molecule has 0 aliphatic heterocycles. The standard InChI is InChI=1S/C9H12N2O2/c1-5-3-4-11-8(6(2)10)7(5)9(12)13/h3-4,6H,10H2,1-2H3,(H,12,13). The van der Waals surface area contributed by atoms with E-state index in [1.807, 2.05) is 0 Å². The van der Waals surface area contributed by atoms with Crippen LogP contribution in [0.4, 0.5) is 0 Å². The van der Waals surface area contributed by atoms with Gasteiger partial charge in [0.2, 0.25) is 0 Å². The van der Waals surface area contributed by atoms with Crippen LogP contribution in [0.2, 0.25) is 0 Å². The van der Waals surface area contributed by atoms with Crippen LogP contribution in [-0.4, -0.2) is 16.1 Å². The number of nitrogens with two attached hydrogens (primary N) is 1. The maximum Gasteiger partial charge on any atom is 0.337 e. The van der Waals surface area contributed by atoms with E-state index in [2.05, 4.69) is 4.98 Å². The van der Waals surface area contributed by atoms with E-state index in [0.29, 0.717) is 11.3 Å². The quantitative estimate of drug-likeness (QED) is 0.714. The van der Waals surface area contributed by atoms with Crippen LogP contribution in [0.5, 0.6) is 0 Å². The van der Waals surface area contributed by atoms with Crippen molar-refractivity contribution in [1.29, 1.82) is 0 Å². The average molecular weight is 180 g/mol. The molecule has 1 rings (SSSR count). The molecule has 0 fully saturated rings. The first kappa shape index (κ1) is 9.67. The Balaban J connectivity index is 3.34. The van der Waals surface area contributed by atoms with Crippen molar-refractivity contribution in [2.75, 3.05) is 0 Å². The maximum atomic E-state index is 10.9. The molecule has 1 atom stereocenters. The molecule has 4 heteroatoms. The minimum atomic E-state index is -0.974. The number of hydrogen-bond acceptors (Lipinski definition) is 3. The highest BCUT2D eigenvalue weighted by atomic mass is 16.4. The zero-order valence-electron chi connectivity index (χ0n) is 7.61. The van der Waals surface area contributed by atoms with Crippen LogP contribution in [0.1, 0.15) is 34.6 Å². The van der Waals surface area contributed by atoms with E-state index in [1.165, 1.54) is 0 Å². The van der Waals surface area contributed by atoms with Crippen LogP contribution in [0.25, 0.3) is 0 Å². The lowest BCUT2D eigenvalue weighted by Crippen LogP contribution is -2.15. The Kier molecular flexibility index (Phi) is 2.63. The summed E-state index contributed by atoms with van der Waals surface area (Å²) in [6.07, 6.45) is 1.57. The van der Waals surface area contributed by atoms with Crippen LogP contribution >= 0.6 is 0 Å². The Labute approximate surface area is 76.4 Å². The lowest BCUT2D eigenvalue weighted by Gasteiger charge is -2.09. The summed E-state index contributed by atoms with van der Waals surface area (Å²) in [5, 5.41) is 8.90. The van der Waals surface area contributed by atoms with Crippen molar-refractivity contribution in [3.63, 3.8) is 0 Å². The summed E-state index contributed by atoms with van der Waals surface area (Å²) in [7, 11) is 0. The van der Waals surface area contributed by atoms with Crippen LogP contribution in [0.3, 0.4) is 0 Å². The highest BCUT2D eigenvalue weighted by molar-refractivity contribution is 5.90. The van der Waals surface area contributed by atoms with Gasteiger partial charge in [0.15, 0.2) is 0 Å². The number of rotatable bonds is 2. The molecule has 1 aromatic heterocycles. The van der Waals surface area contributed by atoms with Crippen LogP contribution in [0, 0.1) is 6.92 Å². The fourth-order valence-corrected chi connectivity index (χ4v) is 1.20. The summed E-state index contributed by atoms with van der Waals surface area (Å²) in [5.41, 5.74) is 6.94. The summed E-state index contributed by atoms with van der Waals surface area (Å²) < 4.78 is 0. The van der Waals surface area contributed by atoms with E-state index in [0.717, 1.165) is 0 Å². The van der Waals surface area contributed by atoms with E-state index in [9.17, 15) is 4.79 Å². The number of carboxylic acids is 1. The molecule has 13 heavy (non-hydrogen) atoms. The first-order chi connectivity index (χ1) is 6.04. The average Bonchev–Trinajstić information content (AvgIpc) is 2.02. The SMILES string of the molecule is Cc1ccnc(C(C)N)c1C(=O)O. The van der Waals surface area contributed by atoms with E-state index in [1.54, 1.807) is 26.1 Å². The van der Waals surface area contributed by atoms with Gasteiger partial charge in [-0.1, -0.05) is 0 Å². The first-order valence-corrected chi connectivity index (χ1v) is 3.98. The number of aryl methyl sites for hydroxylation is 1. The molecule has 0 aliphatic rings. The second-order valence-corrected chi connectivity index (χ2v) is 2.98. The molecule has 1 unspecified atom stereocenters. The molecule has 1 aromatic rings. The molecule has 0 radical (unpaired) electrons. The third-order valence-electron chi connectivity index (χ3n) is 1.83. The maximum absolute atomic E-state index is 10.9. The summed E-state index contributed by atoms with van der Waals surface area (Å²) in [6, 6.07) is 1.31. The Morgan fingerprint density at radius 2 is 2.31 bits per heavy atom. The zero-order chi connectivity index (χ0) is 10.0. The predicted octanol–water partition coefficient (Wildman–Crippen LogP) is 1.11. The van der Waals surface area contributed by atoms with Gasteiger partial charge in [0.25, 0.3) is 0 Å².